The van der Waals surface area contributed by atoms with Crippen LogP contribution in [0.2, 0.25) is 0 Å². The minimum absolute atomic E-state index is 0.0754. The topological polar surface area (TPSA) is 105 Å². The van der Waals surface area contributed by atoms with Gasteiger partial charge in [0.15, 0.2) is 5.11 Å². The molecule has 2 amide bonds. The molecule has 1 fully saturated rings. The lowest BCUT2D eigenvalue weighted by Gasteiger charge is -2.17. The summed E-state index contributed by atoms with van der Waals surface area (Å²) in [6, 6.07) is 13.2. The van der Waals surface area contributed by atoms with E-state index in [0.717, 1.165) is 11.1 Å². The Balaban J connectivity index is 1.86. The molecule has 0 saturated carbocycles. The second kappa shape index (κ2) is 7.88. The molecule has 0 atom stereocenters. The smallest absolute Gasteiger partial charge is 0.267 e. The van der Waals surface area contributed by atoms with Crippen molar-refractivity contribution in [2.45, 2.75) is 13.5 Å². The van der Waals surface area contributed by atoms with E-state index in [-0.39, 0.29) is 22.1 Å². The van der Waals surface area contributed by atoms with Gasteiger partial charge in [-0.2, -0.15) is 0 Å². The lowest BCUT2D eigenvalue weighted by Crippen LogP contribution is -2.51. The summed E-state index contributed by atoms with van der Waals surface area (Å²) in [5.41, 5.74) is 1.76. The summed E-state index contributed by atoms with van der Waals surface area (Å²) in [4.78, 5) is 42.3. The molecule has 0 spiro atoms. The van der Waals surface area contributed by atoms with E-state index in [0.29, 0.717) is 12.2 Å². The highest BCUT2D eigenvalue weighted by Crippen LogP contribution is 2.18. The van der Waals surface area contributed by atoms with Crippen LogP contribution in [0.25, 0.3) is 11.7 Å². The van der Waals surface area contributed by atoms with Crippen molar-refractivity contribution in [2.24, 2.45) is 0 Å². The summed E-state index contributed by atoms with van der Waals surface area (Å²) in [6.07, 6.45) is 2.83. The number of hydrogen-bond acceptors (Lipinski definition) is 6. The van der Waals surface area contributed by atoms with Crippen molar-refractivity contribution in [3.63, 3.8) is 0 Å². The molecule has 0 radical (unpaired) electrons. The van der Waals surface area contributed by atoms with Gasteiger partial charge in [-0.25, -0.2) is 4.98 Å². The van der Waals surface area contributed by atoms with E-state index in [2.05, 4.69) is 20.9 Å². The van der Waals surface area contributed by atoms with E-state index in [4.69, 9.17) is 12.2 Å². The van der Waals surface area contributed by atoms with Crippen molar-refractivity contribution in [3.8, 4) is 0 Å². The number of anilines is 1. The zero-order valence-electron chi connectivity index (χ0n) is 15.9. The maximum atomic E-state index is 13.2. The van der Waals surface area contributed by atoms with Crippen molar-refractivity contribution < 1.29 is 9.59 Å². The van der Waals surface area contributed by atoms with Gasteiger partial charge in [0.05, 0.1) is 5.56 Å². The van der Waals surface area contributed by atoms with Crippen LogP contribution in [-0.4, -0.2) is 26.3 Å². The van der Waals surface area contributed by atoms with E-state index in [1.807, 2.05) is 43.3 Å². The number of amides is 2. The molecule has 3 N–H and O–H groups in total. The van der Waals surface area contributed by atoms with Gasteiger partial charge in [-0.05, 0) is 42.4 Å². The lowest BCUT2D eigenvalue weighted by atomic mass is 10.1. The SMILES string of the molecule is Cc1cccn2c(=O)c(C=C3C(=O)NC(=S)NC3=O)c(NCc3ccccc3)nc12. The van der Waals surface area contributed by atoms with Gasteiger partial charge in [0.2, 0.25) is 0 Å². The third kappa shape index (κ3) is 3.70. The van der Waals surface area contributed by atoms with E-state index in [9.17, 15) is 14.4 Å². The van der Waals surface area contributed by atoms with Crippen LogP contribution in [0.3, 0.4) is 0 Å². The fourth-order valence-corrected chi connectivity index (χ4v) is 3.29. The molecule has 3 heterocycles. The Morgan fingerprint density at radius 1 is 1.07 bits per heavy atom. The number of aryl methyl sites for hydroxylation is 1. The molecule has 9 heteroatoms. The Kier molecular flexibility index (Phi) is 5.11. The summed E-state index contributed by atoms with van der Waals surface area (Å²) in [6.45, 7) is 2.26. The summed E-state index contributed by atoms with van der Waals surface area (Å²) < 4.78 is 1.39. The summed E-state index contributed by atoms with van der Waals surface area (Å²) in [5.74, 6) is -1.07. The number of carbonyl (C=O) groups excluding carboxylic acids is 2. The molecule has 0 bridgehead atoms. The third-order valence-electron chi connectivity index (χ3n) is 4.62. The second-order valence-corrected chi connectivity index (χ2v) is 7.11. The number of hydrogen-bond donors (Lipinski definition) is 3. The monoisotopic (exact) mass is 419 g/mol. The first-order valence-electron chi connectivity index (χ1n) is 9.12. The van der Waals surface area contributed by atoms with Crippen LogP contribution in [0.5, 0.6) is 0 Å². The van der Waals surface area contributed by atoms with E-state index in [1.165, 1.54) is 10.5 Å². The molecular formula is C21H17N5O3S. The van der Waals surface area contributed by atoms with E-state index < -0.39 is 17.4 Å². The summed E-state index contributed by atoms with van der Waals surface area (Å²) in [5, 5.41) is 7.82. The molecule has 1 saturated heterocycles. The number of nitrogens with one attached hydrogen (secondary N) is 3. The molecule has 8 nitrogen and oxygen atoms in total. The lowest BCUT2D eigenvalue weighted by molar-refractivity contribution is -0.123. The van der Waals surface area contributed by atoms with Crippen molar-refractivity contribution >= 4 is 46.7 Å². The van der Waals surface area contributed by atoms with Crippen LogP contribution in [0.4, 0.5) is 5.82 Å². The fraction of sp³-hybridized carbons (Fsp3) is 0.0952. The molecule has 3 aromatic rings. The fourth-order valence-electron chi connectivity index (χ4n) is 3.11. The molecule has 0 unspecified atom stereocenters. The summed E-state index contributed by atoms with van der Waals surface area (Å²) in [7, 11) is 0. The number of pyridine rings is 1. The first-order valence-corrected chi connectivity index (χ1v) is 9.53. The molecule has 1 aliphatic heterocycles. The maximum absolute atomic E-state index is 13.2. The molecular weight excluding hydrogens is 402 g/mol. The maximum Gasteiger partial charge on any atom is 0.267 e. The van der Waals surface area contributed by atoms with Crippen molar-refractivity contribution in [2.75, 3.05) is 5.32 Å². The predicted octanol–water partition coefficient (Wildman–Crippen LogP) is 1.53. The zero-order chi connectivity index (χ0) is 21.3. The molecule has 30 heavy (non-hydrogen) atoms. The minimum Gasteiger partial charge on any atom is -0.365 e. The highest BCUT2D eigenvalue weighted by molar-refractivity contribution is 7.80. The van der Waals surface area contributed by atoms with Gasteiger partial charge >= 0.3 is 0 Å². The molecule has 1 aromatic carbocycles. The number of nitrogens with zero attached hydrogens (tertiary/aromatic N) is 2. The quantitative estimate of drug-likeness (QED) is 0.337. The highest BCUT2D eigenvalue weighted by atomic mass is 32.1. The Morgan fingerprint density at radius 3 is 2.47 bits per heavy atom. The average Bonchev–Trinajstić information content (AvgIpc) is 2.72. The Labute approximate surface area is 176 Å². The average molecular weight is 419 g/mol. The second-order valence-electron chi connectivity index (χ2n) is 6.70. The van der Waals surface area contributed by atoms with Crippen LogP contribution in [0, 0.1) is 6.92 Å². The number of carbonyl (C=O) groups is 2. The van der Waals surface area contributed by atoms with E-state index in [1.54, 1.807) is 12.3 Å². The first-order chi connectivity index (χ1) is 14.4. The molecule has 4 rings (SSSR count). The Morgan fingerprint density at radius 2 is 1.77 bits per heavy atom. The van der Waals surface area contributed by atoms with E-state index >= 15 is 0 Å². The van der Waals surface area contributed by atoms with Gasteiger partial charge < -0.3 is 5.32 Å². The summed E-state index contributed by atoms with van der Waals surface area (Å²) >= 11 is 4.82. The number of aromatic nitrogens is 2. The largest absolute Gasteiger partial charge is 0.365 e. The van der Waals surface area contributed by atoms with Crippen LogP contribution >= 0.6 is 12.2 Å². The zero-order valence-corrected chi connectivity index (χ0v) is 16.7. The molecule has 0 aliphatic carbocycles. The minimum atomic E-state index is -0.675. The van der Waals surface area contributed by atoms with Crippen LogP contribution in [0.1, 0.15) is 16.7 Å². The first kappa shape index (κ1) is 19.5. The van der Waals surface area contributed by atoms with Gasteiger partial charge in [0, 0.05) is 12.7 Å². The van der Waals surface area contributed by atoms with Gasteiger partial charge in [0.25, 0.3) is 17.4 Å². The third-order valence-corrected chi connectivity index (χ3v) is 4.82. The van der Waals surface area contributed by atoms with Gasteiger partial charge in [0.1, 0.15) is 17.0 Å². The Bertz CT molecular complexity index is 1260. The molecule has 150 valence electrons. The van der Waals surface area contributed by atoms with Gasteiger partial charge in [-0.1, -0.05) is 36.4 Å². The van der Waals surface area contributed by atoms with Crippen molar-refractivity contribution in [1.82, 2.24) is 20.0 Å². The van der Waals surface area contributed by atoms with Crippen molar-refractivity contribution in [3.05, 3.63) is 81.3 Å². The molecule has 2 aromatic heterocycles. The van der Waals surface area contributed by atoms with Crippen LogP contribution in [-0.2, 0) is 16.1 Å². The Hall–Kier alpha value is -3.85. The molecule has 1 aliphatic rings. The number of benzene rings is 1. The number of rotatable bonds is 4. The van der Waals surface area contributed by atoms with Crippen LogP contribution in [0.15, 0.2) is 59.0 Å². The highest BCUT2D eigenvalue weighted by Gasteiger charge is 2.27. The number of thiocarbonyl (C=S) groups is 1. The van der Waals surface area contributed by atoms with Crippen LogP contribution < -0.4 is 21.5 Å². The standard InChI is InChI=1S/C21H17N5O3S/c1-12-6-5-9-26-17(12)23-16(22-11-13-7-3-2-4-8-13)14(20(26)29)10-15-18(27)24-21(30)25-19(15)28/h2-10,22H,11H2,1H3,(H2,24,25,27,28,30). The predicted molar refractivity (Wildman–Crippen MR) is 117 cm³/mol. The normalized spacial score (nSPS) is 13.8. The number of fused-ring (bicyclic) bond motifs is 1. The van der Waals surface area contributed by atoms with Crippen molar-refractivity contribution in [1.29, 1.82) is 0 Å². The van der Waals surface area contributed by atoms with Gasteiger partial charge in [-0.15, -0.1) is 0 Å². The van der Waals surface area contributed by atoms with Gasteiger partial charge in [-0.3, -0.25) is 29.4 Å².